The standard InChI is InChI=1S/C27H27N5OS/c33-25(28-24-17-9-8-16-23(24)21-12-4-1-5-13-21)20-34-27-30-29-26(31-18-10-3-11-19-31)32(27)22-14-6-2-7-15-22/h1-2,4-9,12-17H,3,10-11,18-20H2,(H,28,33). The first-order valence-corrected chi connectivity index (χ1v) is 12.6. The third kappa shape index (κ3) is 4.99. The number of thioether (sulfide) groups is 1. The van der Waals surface area contributed by atoms with Gasteiger partial charge < -0.3 is 10.2 Å². The van der Waals surface area contributed by atoms with Crippen molar-refractivity contribution >= 4 is 29.3 Å². The quantitative estimate of drug-likeness (QED) is 0.354. The fraction of sp³-hybridized carbons (Fsp3) is 0.222. The van der Waals surface area contributed by atoms with Gasteiger partial charge in [-0.1, -0.05) is 78.5 Å². The van der Waals surface area contributed by atoms with Gasteiger partial charge in [-0.3, -0.25) is 9.36 Å². The van der Waals surface area contributed by atoms with Crippen LogP contribution in [0.5, 0.6) is 0 Å². The molecule has 5 rings (SSSR count). The second-order valence-corrected chi connectivity index (χ2v) is 9.19. The number of anilines is 2. The minimum Gasteiger partial charge on any atom is -0.341 e. The zero-order chi connectivity index (χ0) is 23.2. The molecule has 1 aromatic heterocycles. The monoisotopic (exact) mass is 469 g/mol. The van der Waals surface area contributed by atoms with Crippen molar-refractivity contribution in [1.82, 2.24) is 14.8 Å². The Kier molecular flexibility index (Phi) is 6.91. The second kappa shape index (κ2) is 10.6. The minimum atomic E-state index is -0.0736. The highest BCUT2D eigenvalue weighted by Crippen LogP contribution is 2.30. The Morgan fingerprint density at radius 1 is 0.824 bits per heavy atom. The Bertz CT molecular complexity index is 1240. The maximum Gasteiger partial charge on any atom is 0.234 e. The number of rotatable bonds is 7. The summed E-state index contributed by atoms with van der Waals surface area (Å²) >= 11 is 1.41. The molecule has 1 amide bonds. The van der Waals surface area contributed by atoms with Gasteiger partial charge in [-0.15, -0.1) is 10.2 Å². The highest BCUT2D eigenvalue weighted by atomic mass is 32.2. The molecule has 1 fully saturated rings. The Labute approximate surface area is 204 Å². The maximum absolute atomic E-state index is 12.9. The fourth-order valence-electron chi connectivity index (χ4n) is 4.24. The van der Waals surface area contributed by atoms with Crippen LogP contribution in [0.4, 0.5) is 11.6 Å². The van der Waals surface area contributed by atoms with Crippen LogP contribution in [0.2, 0.25) is 0 Å². The predicted molar refractivity (Wildman–Crippen MR) is 139 cm³/mol. The third-order valence-electron chi connectivity index (χ3n) is 5.89. The first-order chi connectivity index (χ1) is 16.8. The lowest BCUT2D eigenvalue weighted by molar-refractivity contribution is -0.113. The molecule has 0 saturated carbocycles. The average molecular weight is 470 g/mol. The molecule has 6 nitrogen and oxygen atoms in total. The number of para-hydroxylation sites is 2. The van der Waals surface area contributed by atoms with Crippen LogP contribution < -0.4 is 10.2 Å². The summed E-state index contributed by atoms with van der Waals surface area (Å²) in [5, 5.41) is 12.8. The number of nitrogens with zero attached hydrogens (tertiary/aromatic N) is 4. The zero-order valence-corrected chi connectivity index (χ0v) is 19.7. The van der Waals surface area contributed by atoms with Gasteiger partial charge in [-0.2, -0.15) is 0 Å². The lowest BCUT2D eigenvalue weighted by Gasteiger charge is -2.27. The highest BCUT2D eigenvalue weighted by molar-refractivity contribution is 7.99. The van der Waals surface area contributed by atoms with Gasteiger partial charge in [0.15, 0.2) is 5.16 Å². The number of hydrogen-bond donors (Lipinski definition) is 1. The van der Waals surface area contributed by atoms with E-state index < -0.39 is 0 Å². The van der Waals surface area contributed by atoms with Crippen molar-refractivity contribution in [1.29, 1.82) is 0 Å². The van der Waals surface area contributed by atoms with Crippen LogP contribution >= 0.6 is 11.8 Å². The first kappa shape index (κ1) is 22.2. The van der Waals surface area contributed by atoms with Gasteiger partial charge in [0.25, 0.3) is 0 Å². The van der Waals surface area contributed by atoms with Gasteiger partial charge in [0.2, 0.25) is 11.9 Å². The molecule has 2 heterocycles. The first-order valence-electron chi connectivity index (χ1n) is 11.6. The van der Waals surface area contributed by atoms with Crippen molar-refractivity contribution in [2.24, 2.45) is 0 Å². The molecule has 0 bridgehead atoms. The van der Waals surface area contributed by atoms with Gasteiger partial charge in [-0.25, -0.2) is 0 Å². The number of amides is 1. The van der Waals surface area contributed by atoms with E-state index >= 15 is 0 Å². The number of carbonyl (C=O) groups excluding carboxylic acids is 1. The molecule has 0 unspecified atom stereocenters. The summed E-state index contributed by atoms with van der Waals surface area (Å²) in [5.41, 5.74) is 3.88. The van der Waals surface area contributed by atoms with Crippen molar-refractivity contribution in [2.45, 2.75) is 24.4 Å². The van der Waals surface area contributed by atoms with Crippen molar-refractivity contribution in [3.63, 3.8) is 0 Å². The van der Waals surface area contributed by atoms with Gasteiger partial charge >= 0.3 is 0 Å². The van der Waals surface area contributed by atoms with Crippen molar-refractivity contribution in [2.75, 3.05) is 29.1 Å². The average Bonchev–Trinajstić information content (AvgIpc) is 3.33. The van der Waals surface area contributed by atoms with Crippen LogP contribution in [0.1, 0.15) is 19.3 Å². The molecule has 7 heteroatoms. The highest BCUT2D eigenvalue weighted by Gasteiger charge is 2.22. The molecule has 3 aromatic carbocycles. The van der Waals surface area contributed by atoms with Crippen LogP contribution in [0, 0.1) is 0 Å². The summed E-state index contributed by atoms with van der Waals surface area (Å²) in [5.74, 6) is 1.02. The summed E-state index contributed by atoms with van der Waals surface area (Å²) in [6.45, 7) is 1.96. The smallest absolute Gasteiger partial charge is 0.234 e. The van der Waals surface area contributed by atoms with E-state index in [4.69, 9.17) is 0 Å². The molecule has 4 aromatic rings. The van der Waals surface area contributed by atoms with Gasteiger partial charge in [0.1, 0.15) is 0 Å². The SMILES string of the molecule is O=C(CSc1nnc(N2CCCCC2)n1-c1ccccc1)Nc1ccccc1-c1ccccc1. The fourth-order valence-corrected chi connectivity index (χ4v) is 4.98. The summed E-state index contributed by atoms with van der Waals surface area (Å²) in [6, 6.07) is 28.1. The Hall–Kier alpha value is -3.58. The lowest BCUT2D eigenvalue weighted by Crippen LogP contribution is -2.31. The van der Waals surface area contributed by atoms with E-state index in [0.29, 0.717) is 0 Å². The Balaban J connectivity index is 1.34. The zero-order valence-electron chi connectivity index (χ0n) is 18.9. The van der Waals surface area contributed by atoms with Gasteiger partial charge in [0.05, 0.1) is 11.4 Å². The Morgan fingerprint density at radius 3 is 2.26 bits per heavy atom. The molecule has 34 heavy (non-hydrogen) atoms. The second-order valence-electron chi connectivity index (χ2n) is 8.25. The normalized spacial score (nSPS) is 13.6. The largest absolute Gasteiger partial charge is 0.341 e. The van der Waals surface area contributed by atoms with Crippen LogP contribution in [0.25, 0.3) is 16.8 Å². The molecule has 0 aliphatic carbocycles. The minimum absolute atomic E-state index is 0.0736. The summed E-state index contributed by atoms with van der Waals surface area (Å²) in [4.78, 5) is 15.2. The van der Waals surface area contributed by atoms with E-state index in [1.54, 1.807) is 0 Å². The van der Waals surface area contributed by atoms with E-state index in [0.717, 1.165) is 59.5 Å². The third-order valence-corrected chi connectivity index (χ3v) is 6.82. The lowest BCUT2D eigenvalue weighted by atomic mass is 10.0. The Morgan fingerprint density at radius 2 is 1.50 bits per heavy atom. The van der Waals surface area contributed by atoms with Gasteiger partial charge in [0, 0.05) is 24.3 Å². The number of aromatic nitrogens is 3. The molecule has 1 aliphatic rings. The van der Waals surface area contributed by atoms with Crippen LogP contribution in [0.15, 0.2) is 90.1 Å². The summed E-state index contributed by atoms with van der Waals surface area (Å²) in [7, 11) is 0. The number of hydrogen-bond acceptors (Lipinski definition) is 5. The van der Waals surface area contributed by atoms with Crippen molar-refractivity contribution in [3.05, 3.63) is 84.9 Å². The molecule has 1 aliphatic heterocycles. The predicted octanol–water partition coefficient (Wildman–Crippen LogP) is 5.66. The number of piperidine rings is 1. The van der Waals surface area contributed by atoms with Gasteiger partial charge in [-0.05, 0) is 43.0 Å². The molecule has 1 N–H and O–H groups in total. The van der Waals surface area contributed by atoms with Crippen LogP contribution in [0.3, 0.4) is 0 Å². The topological polar surface area (TPSA) is 63.1 Å². The molecule has 1 saturated heterocycles. The number of benzene rings is 3. The van der Waals surface area contributed by atoms with E-state index in [1.165, 1.54) is 18.2 Å². The molecule has 0 radical (unpaired) electrons. The number of nitrogens with one attached hydrogen (secondary N) is 1. The molecular weight excluding hydrogens is 442 g/mol. The van der Waals surface area contributed by atoms with Crippen LogP contribution in [-0.4, -0.2) is 39.5 Å². The summed E-state index contributed by atoms with van der Waals surface area (Å²) < 4.78 is 2.07. The van der Waals surface area contributed by atoms with E-state index in [9.17, 15) is 4.79 Å². The van der Waals surface area contributed by atoms with Crippen molar-refractivity contribution < 1.29 is 4.79 Å². The van der Waals surface area contributed by atoms with E-state index in [1.807, 2.05) is 72.8 Å². The van der Waals surface area contributed by atoms with E-state index in [-0.39, 0.29) is 11.7 Å². The number of carbonyl (C=O) groups is 1. The molecule has 0 spiro atoms. The van der Waals surface area contributed by atoms with Crippen LogP contribution in [-0.2, 0) is 4.79 Å². The molecular formula is C27H27N5OS. The molecule has 172 valence electrons. The summed E-state index contributed by atoms with van der Waals surface area (Å²) in [6.07, 6.45) is 3.57. The maximum atomic E-state index is 12.9. The van der Waals surface area contributed by atoms with Crippen molar-refractivity contribution in [3.8, 4) is 16.8 Å². The van der Waals surface area contributed by atoms with E-state index in [2.05, 4.69) is 37.1 Å². The molecule has 0 atom stereocenters.